The number of nitrogens with one attached hydrogen (secondary N) is 1. The van der Waals surface area contributed by atoms with Crippen molar-refractivity contribution >= 4 is 17.4 Å². The zero-order valence-electron chi connectivity index (χ0n) is 11.7. The number of hydrogen-bond donors (Lipinski definition) is 2. The summed E-state index contributed by atoms with van der Waals surface area (Å²) in [5.74, 6) is -0.0507. The molecule has 0 spiro atoms. The topological polar surface area (TPSA) is 104 Å². The molecule has 1 amide bonds. The van der Waals surface area contributed by atoms with Crippen LogP contribution in [0.3, 0.4) is 0 Å². The van der Waals surface area contributed by atoms with Crippen molar-refractivity contribution < 1.29 is 14.4 Å². The van der Waals surface area contributed by atoms with Gasteiger partial charge in [0.1, 0.15) is 23.5 Å². The number of carbonyl (C=O) groups is 1. The van der Waals surface area contributed by atoms with E-state index in [1.807, 2.05) is 0 Å². The molecule has 2 N–H and O–H groups in total. The molecule has 8 nitrogen and oxygen atoms in total. The number of aromatic nitrogens is 2. The van der Waals surface area contributed by atoms with Crippen molar-refractivity contribution in [1.82, 2.24) is 15.0 Å². The first-order chi connectivity index (χ1) is 10.6. The Balaban J connectivity index is 1.91. The second kappa shape index (κ2) is 5.68. The third kappa shape index (κ3) is 2.66. The average molecular weight is 299 g/mol. The van der Waals surface area contributed by atoms with Gasteiger partial charge in [-0.05, 0) is 12.1 Å². The maximum atomic E-state index is 12.2. The van der Waals surface area contributed by atoms with Crippen LogP contribution in [0.25, 0.3) is 0 Å². The Morgan fingerprint density at radius 1 is 1.41 bits per heavy atom. The summed E-state index contributed by atoms with van der Waals surface area (Å²) in [7, 11) is 1.78. The Bertz CT molecular complexity index is 737. The first-order valence-corrected chi connectivity index (χ1v) is 6.48. The van der Waals surface area contributed by atoms with Crippen molar-refractivity contribution in [3.63, 3.8) is 0 Å². The molecule has 3 rings (SSSR count). The highest BCUT2D eigenvalue weighted by atomic mass is 16.5. The number of likely N-dealkylation sites (N-methyl/N-ethyl adjacent to an activating group) is 1. The van der Waals surface area contributed by atoms with Gasteiger partial charge < -0.3 is 19.8 Å². The molecule has 0 fully saturated rings. The van der Waals surface area contributed by atoms with Gasteiger partial charge in [-0.25, -0.2) is 4.99 Å². The molecule has 22 heavy (non-hydrogen) atoms. The predicted octanol–water partition coefficient (Wildman–Crippen LogP) is 1.17. The Labute approximate surface area is 125 Å². The SMILES string of the molecule is CN1CC(O)=C(C(=O)Nc2cnoc2)N=C1c1ccncc1. The van der Waals surface area contributed by atoms with E-state index < -0.39 is 5.91 Å². The van der Waals surface area contributed by atoms with Gasteiger partial charge in [0, 0.05) is 25.0 Å². The summed E-state index contributed by atoms with van der Waals surface area (Å²) in [6.07, 6.45) is 5.93. The van der Waals surface area contributed by atoms with Crippen LogP contribution in [-0.2, 0) is 4.79 Å². The number of amidine groups is 1. The second-order valence-corrected chi connectivity index (χ2v) is 4.69. The summed E-state index contributed by atoms with van der Waals surface area (Å²) in [5, 5.41) is 16.1. The van der Waals surface area contributed by atoms with Gasteiger partial charge in [0.25, 0.3) is 5.91 Å². The minimum absolute atomic E-state index is 0.0360. The predicted molar refractivity (Wildman–Crippen MR) is 78.2 cm³/mol. The van der Waals surface area contributed by atoms with Gasteiger partial charge in [-0.1, -0.05) is 5.16 Å². The van der Waals surface area contributed by atoms with Crippen LogP contribution >= 0.6 is 0 Å². The number of carbonyl (C=O) groups excluding carboxylic acids is 1. The maximum absolute atomic E-state index is 12.2. The van der Waals surface area contributed by atoms with Crippen molar-refractivity contribution in [2.45, 2.75) is 0 Å². The smallest absolute Gasteiger partial charge is 0.278 e. The fourth-order valence-corrected chi connectivity index (χ4v) is 2.05. The van der Waals surface area contributed by atoms with Crippen molar-refractivity contribution in [3.8, 4) is 0 Å². The van der Waals surface area contributed by atoms with Crippen molar-refractivity contribution in [2.24, 2.45) is 4.99 Å². The van der Waals surface area contributed by atoms with Gasteiger partial charge in [-0.2, -0.15) is 0 Å². The van der Waals surface area contributed by atoms with E-state index in [1.165, 1.54) is 12.5 Å². The van der Waals surface area contributed by atoms with Gasteiger partial charge in [-0.15, -0.1) is 0 Å². The quantitative estimate of drug-likeness (QED) is 0.881. The zero-order chi connectivity index (χ0) is 15.5. The molecule has 0 saturated heterocycles. The number of aliphatic hydroxyl groups is 1. The summed E-state index contributed by atoms with van der Waals surface area (Å²) in [6, 6.07) is 3.57. The minimum Gasteiger partial charge on any atom is -0.508 e. The van der Waals surface area contributed by atoms with Crippen LogP contribution in [0.15, 0.2) is 58.0 Å². The Morgan fingerprint density at radius 2 is 2.18 bits per heavy atom. The molecule has 0 radical (unpaired) electrons. The Morgan fingerprint density at radius 3 is 2.86 bits per heavy atom. The summed E-state index contributed by atoms with van der Waals surface area (Å²) in [4.78, 5) is 22.2. The van der Waals surface area contributed by atoms with Gasteiger partial charge in [0.15, 0.2) is 5.70 Å². The van der Waals surface area contributed by atoms with E-state index in [0.717, 1.165) is 5.56 Å². The molecular weight excluding hydrogens is 286 g/mol. The van der Waals surface area contributed by atoms with Crippen LogP contribution in [0.2, 0.25) is 0 Å². The molecule has 1 aliphatic rings. The molecule has 2 aromatic heterocycles. The Hall–Kier alpha value is -3.16. The number of rotatable bonds is 3. The lowest BCUT2D eigenvalue weighted by Gasteiger charge is -2.25. The molecule has 0 unspecified atom stereocenters. The molecule has 3 heterocycles. The van der Waals surface area contributed by atoms with Crippen LogP contribution in [0.1, 0.15) is 5.56 Å². The molecule has 0 aliphatic carbocycles. The fraction of sp³-hybridized carbons (Fsp3) is 0.143. The lowest BCUT2D eigenvalue weighted by molar-refractivity contribution is -0.113. The number of pyridine rings is 1. The first-order valence-electron chi connectivity index (χ1n) is 6.48. The van der Waals surface area contributed by atoms with Crippen molar-refractivity contribution in [1.29, 1.82) is 0 Å². The molecule has 0 saturated carbocycles. The first kappa shape index (κ1) is 13.8. The number of amides is 1. The summed E-state index contributed by atoms with van der Waals surface area (Å²) in [6.45, 7) is 0.188. The summed E-state index contributed by atoms with van der Waals surface area (Å²) >= 11 is 0. The minimum atomic E-state index is -0.527. The van der Waals surface area contributed by atoms with Gasteiger partial charge in [-0.3, -0.25) is 9.78 Å². The van der Waals surface area contributed by atoms with Gasteiger partial charge in [0.2, 0.25) is 0 Å². The number of aliphatic hydroxyl groups excluding tert-OH is 1. The highest BCUT2D eigenvalue weighted by Gasteiger charge is 2.24. The van der Waals surface area contributed by atoms with Gasteiger partial charge in [0.05, 0.1) is 12.7 Å². The summed E-state index contributed by atoms with van der Waals surface area (Å²) in [5.41, 5.74) is 1.16. The second-order valence-electron chi connectivity index (χ2n) is 4.69. The van der Waals surface area contributed by atoms with Crippen LogP contribution in [0, 0.1) is 0 Å². The number of anilines is 1. The molecule has 0 bridgehead atoms. The number of aliphatic imine (C=N–C) groups is 1. The van der Waals surface area contributed by atoms with Crippen molar-refractivity contribution in [2.75, 3.05) is 18.9 Å². The van der Waals surface area contributed by atoms with Crippen molar-refractivity contribution in [3.05, 3.63) is 54.0 Å². The van der Waals surface area contributed by atoms with Crippen LogP contribution in [0.4, 0.5) is 5.69 Å². The third-order valence-corrected chi connectivity index (χ3v) is 3.08. The molecule has 112 valence electrons. The lowest BCUT2D eigenvalue weighted by Crippen LogP contribution is -2.35. The molecule has 2 aromatic rings. The number of nitrogens with zero attached hydrogens (tertiary/aromatic N) is 4. The normalized spacial score (nSPS) is 14.8. The molecule has 1 aliphatic heterocycles. The van der Waals surface area contributed by atoms with E-state index in [0.29, 0.717) is 11.5 Å². The molecular formula is C14H13N5O3. The van der Waals surface area contributed by atoms with E-state index in [4.69, 9.17) is 0 Å². The van der Waals surface area contributed by atoms with Crippen LogP contribution in [0.5, 0.6) is 0 Å². The highest BCUT2D eigenvalue weighted by Crippen LogP contribution is 2.18. The number of hydrogen-bond acceptors (Lipinski definition) is 7. The standard InChI is InChI=1S/C14H13N5O3/c1-19-7-11(20)12(14(21)17-10-6-16-22-8-10)18-13(19)9-2-4-15-5-3-9/h2-6,8,20H,7H2,1H3,(H,17,21). The third-order valence-electron chi connectivity index (χ3n) is 3.08. The van der Waals surface area contributed by atoms with E-state index in [2.05, 4.69) is 25.0 Å². The summed E-state index contributed by atoms with van der Waals surface area (Å²) < 4.78 is 4.64. The highest BCUT2D eigenvalue weighted by molar-refractivity contribution is 6.09. The van der Waals surface area contributed by atoms with E-state index in [9.17, 15) is 9.90 Å². The fourth-order valence-electron chi connectivity index (χ4n) is 2.05. The molecule has 0 atom stereocenters. The van der Waals surface area contributed by atoms with E-state index >= 15 is 0 Å². The monoisotopic (exact) mass is 299 g/mol. The van der Waals surface area contributed by atoms with Gasteiger partial charge >= 0.3 is 0 Å². The zero-order valence-corrected chi connectivity index (χ0v) is 11.7. The lowest BCUT2D eigenvalue weighted by atomic mass is 10.2. The maximum Gasteiger partial charge on any atom is 0.278 e. The molecule has 8 heteroatoms. The van der Waals surface area contributed by atoms with E-state index in [-0.39, 0.29) is 18.0 Å². The van der Waals surface area contributed by atoms with Crippen LogP contribution < -0.4 is 5.32 Å². The average Bonchev–Trinajstić information content (AvgIpc) is 3.01. The van der Waals surface area contributed by atoms with E-state index in [1.54, 1.807) is 36.5 Å². The largest absolute Gasteiger partial charge is 0.508 e. The van der Waals surface area contributed by atoms with Crippen LogP contribution in [-0.4, -0.2) is 45.5 Å². The Kier molecular flexibility index (Phi) is 3.57. The molecule has 0 aromatic carbocycles.